The Morgan fingerprint density at radius 2 is 2.14 bits per heavy atom. The number of aromatic nitrogens is 2. The molecule has 0 spiro atoms. The summed E-state index contributed by atoms with van der Waals surface area (Å²) < 4.78 is 32.9. The zero-order valence-electron chi connectivity index (χ0n) is 16.8. The summed E-state index contributed by atoms with van der Waals surface area (Å²) in [5.74, 6) is 1.58. The number of imidazole rings is 1. The first-order valence-corrected chi connectivity index (χ1v) is 11.2. The molecule has 4 heterocycles. The SMILES string of the molecule is CCc1ncc(S(=O)(=O)N2CC3CN(C(=O)c4cc(C)oc4C)CC3(CO)C2)[nH]1. The number of sulfonamides is 1. The number of fused-ring (bicyclic) bond motifs is 1. The highest BCUT2D eigenvalue weighted by molar-refractivity contribution is 7.89. The van der Waals surface area contributed by atoms with E-state index in [4.69, 9.17) is 4.42 Å². The van der Waals surface area contributed by atoms with Crippen LogP contribution in [0.25, 0.3) is 0 Å². The smallest absolute Gasteiger partial charge is 0.260 e. The molecule has 1 amide bonds. The van der Waals surface area contributed by atoms with E-state index in [0.29, 0.717) is 42.4 Å². The number of aliphatic hydroxyl groups excluding tert-OH is 1. The first kappa shape index (κ1) is 20.1. The van der Waals surface area contributed by atoms with E-state index >= 15 is 0 Å². The molecule has 158 valence electrons. The van der Waals surface area contributed by atoms with Crippen molar-refractivity contribution in [2.75, 3.05) is 32.8 Å². The molecule has 2 aliphatic heterocycles. The van der Waals surface area contributed by atoms with Crippen LogP contribution in [0, 0.1) is 25.2 Å². The van der Waals surface area contributed by atoms with Crippen LogP contribution in [0.4, 0.5) is 0 Å². The lowest BCUT2D eigenvalue weighted by Gasteiger charge is -2.26. The third-order valence-corrected chi connectivity index (χ3v) is 7.88. The fraction of sp³-hybridized carbons (Fsp3) is 0.579. The van der Waals surface area contributed by atoms with Gasteiger partial charge in [-0.25, -0.2) is 13.4 Å². The van der Waals surface area contributed by atoms with E-state index in [-0.39, 0.29) is 36.5 Å². The van der Waals surface area contributed by atoms with Gasteiger partial charge in [0.25, 0.3) is 15.9 Å². The molecule has 4 rings (SSSR count). The lowest BCUT2D eigenvalue weighted by atomic mass is 9.82. The van der Waals surface area contributed by atoms with Crippen LogP contribution >= 0.6 is 0 Å². The summed E-state index contributed by atoms with van der Waals surface area (Å²) in [6, 6.07) is 1.72. The van der Waals surface area contributed by atoms with Gasteiger partial charge in [-0.1, -0.05) is 6.92 Å². The number of carbonyl (C=O) groups is 1. The first-order valence-electron chi connectivity index (χ1n) is 9.71. The molecule has 2 aromatic heterocycles. The predicted molar refractivity (Wildman–Crippen MR) is 104 cm³/mol. The number of likely N-dealkylation sites (tertiary alicyclic amines) is 1. The van der Waals surface area contributed by atoms with Crippen molar-refractivity contribution in [3.8, 4) is 0 Å². The van der Waals surface area contributed by atoms with Crippen molar-refractivity contribution in [3.63, 3.8) is 0 Å². The summed E-state index contributed by atoms with van der Waals surface area (Å²) in [4.78, 5) is 21.6. The van der Waals surface area contributed by atoms with E-state index in [1.165, 1.54) is 10.5 Å². The fourth-order valence-electron chi connectivity index (χ4n) is 4.50. The van der Waals surface area contributed by atoms with Gasteiger partial charge in [0.1, 0.15) is 17.3 Å². The van der Waals surface area contributed by atoms with Crippen LogP contribution in [0.5, 0.6) is 0 Å². The minimum atomic E-state index is -3.73. The topological polar surface area (TPSA) is 120 Å². The molecule has 2 unspecified atom stereocenters. The number of carbonyl (C=O) groups excluding carboxylic acids is 1. The first-order chi connectivity index (χ1) is 13.7. The van der Waals surface area contributed by atoms with Crippen molar-refractivity contribution in [1.82, 2.24) is 19.2 Å². The summed E-state index contributed by atoms with van der Waals surface area (Å²) in [6.45, 7) is 6.40. The molecular formula is C19H26N4O5S. The average molecular weight is 423 g/mol. The molecule has 2 N–H and O–H groups in total. The Bertz CT molecular complexity index is 1040. The lowest BCUT2D eigenvalue weighted by molar-refractivity contribution is 0.0734. The molecule has 9 nitrogen and oxygen atoms in total. The molecule has 29 heavy (non-hydrogen) atoms. The fourth-order valence-corrected chi connectivity index (χ4v) is 6.01. The van der Waals surface area contributed by atoms with Crippen molar-refractivity contribution in [2.24, 2.45) is 11.3 Å². The van der Waals surface area contributed by atoms with Crippen LogP contribution in [0.15, 0.2) is 21.7 Å². The Labute approximate surface area is 169 Å². The van der Waals surface area contributed by atoms with Gasteiger partial charge in [-0.05, 0) is 19.9 Å². The number of aliphatic hydroxyl groups is 1. The standard InChI is InChI=1S/C19H26N4O5S/c1-4-16-20-6-17(21-16)29(26,27)23-8-14-7-22(9-19(14,10-23)11-24)18(25)15-5-12(2)28-13(15)3/h5-6,14,24H,4,7-11H2,1-3H3,(H,20,21). The minimum absolute atomic E-state index is 0.0693. The highest BCUT2D eigenvalue weighted by Gasteiger charge is 2.56. The van der Waals surface area contributed by atoms with Gasteiger partial charge in [0.15, 0.2) is 5.03 Å². The van der Waals surface area contributed by atoms with Gasteiger partial charge in [-0.15, -0.1) is 0 Å². The van der Waals surface area contributed by atoms with Gasteiger partial charge in [-0.3, -0.25) is 4.79 Å². The number of hydrogen-bond acceptors (Lipinski definition) is 6. The molecule has 2 aromatic rings. The van der Waals surface area contributed by atoms with Crippen LogP contribution in [0.1, 0.15) is 34.6 Å². The van der Waals surface area contributed by atoms with E-state index in [1.54, 1.807) is 24.8 Å². The number of nitrogens with one attached hydrogen (secondary N) is 1. The number of aryl methyl sites for hydroxylation is 3. The molecule has 2 atom stereocenters. The van der Waals surface area contributed by atoms with Crippen molar-refractivity contribution in [1.29, 1.82) is 0 Å². The van der Waals surface area contributed by atoms with E-state index < -0.39 is 15.4 Å². The molecule has 2 aliphatic rings. The van der Waals surface area contributed by atoms with Crippen molar-refractivity contribution in [2.45, 2.75) is 32.2 Å². The number of furan rings is 1. The summed E-state index contributed by atoms with van der Waals surface area (Å²) >= 11 is 0. The number of amides is 1. The Morgan fingerprint density at radius 3 is 2.69 bits per heavy atom. The molecule has 0 bridgehead atoms. The Morgan fingerprint density at radius 1 is 1.38 bits per heavy atom. The van der Waals surface area contributed by atoms with Crippen LogP contribution in [0.2, 0.25) is 0 Å². The third-order valence-electron chi connectivity index (χ3n) is 6.16. The second-order valence-corrected chi connectivity index (χ2v) is 9.98. The van der Waals surface area contributed by atoms with Gasteiger partial charge in [0, 0.05) is 43.9 Å². The van der Waals surface area contributed by atoms with E-state index in [9.17, 15) is 18.3 Å². The summed E-state index contributed by atoms with van der Waals surface area (Å²) in [6.07, 6.45) is 1.95. The highest BCUT2D eigenvalue weighted by Crippen LogP contribution is 2.44. The number of hydrogen-bond donors (Lipinski definition) is 2. The van der Waals surface area contributed by atoms with E-state index in [0.717, 1.165) is 0 Å². The largest absolute Gasteiger partial charge is 0.466 e. The summed E-state index contributed by atoms with van der Waals surface area (Å²) in [5, 5.41) is 10.2. The van der Waals surface area contributed by atoms with Crippen LogP contribution in [-0.4, -0.2) is 71.4 Å². The molecule has 0 saturated carbocycles. The molecule has 2 saturated heterocycles. The van der Waals surface area contributed by atoms with Crippen LogP contribution in [-0.2, 0) is 16.4 Å². The average Bonchev–Trinajstić information content (AvgIpc) is 3.42. The second kappa shape index (κ2) is 6.96. The van der Waals surface area contributed by atoms with Crippen molar-refractivity contribution < 1.29 is 22.7 Å². The number of nitrogens with zero attached hydrogens (tertiary/aromatic N) is 3. The summed E-state index contributed by atoms with van der Waals surface area (Å²) in [5.41, 5.74) is -0.146. The van der Waals surface area contributed by atoms with Crippen molar-refractivity contribution in [3.05, 3.63) is 35.2 Å². The van der Waals surface area contributed by atoms with Gasteiger partial charge < -0.3 is 19.4 Å². The Kier molecular flexibility index (Phi) is 4.83. The quantitative estimate of drug-likeness (QED) is 0.740. The second-order valence-electron chi connectivity index (χ2n) is 8.08. The summed E-state index contributed by atoms with van der Waals surface area (Å²) in [7, 11) is -3.73. The highest BCUT2D eigenvalue weighted by atomic mass is 32.2. The maximum absolute atomic E-state index is 13.0. The zero-order valence-corrected chi connectivity index (χ0v) is 17.6. The Hall–Kier alpha value is -2.17. The molecule has 2 fully saturated rings. The molecule has 0 aliphatic carbocycles. The van der Waals surface area contributed by atoms with Gasteiger partial charge in [0.2, 0.25) is 0 Å². The molecule has 0 radical (unpaired) electrons. The predicted octanol–water partition coefficient (Wildman–Crippen LogP) is 0.937. The van der Waals surface area contributed by atoms with Gasteiger partial charge in [0.05, 0.1) is 18.4 Å². The maximum atomic E-state index is 13.0. The minimum Gasteiger partial charge on any atom is -0.466 e. The van der Waals surface area contributed by atoms with E-state index in [2.05, 4.69) is 9.97 Å². The van der Waals surface area contributed by atoms with E-state index in [1.807, 2.05) is 6.92 Å². The van der Waals surface area contributed by atoms with Gasteiger partial charge in [-0.2, -0.15) is 4.31 Å². The molecule has 0 aromatic carbocycles. The normalized spacial score (nSPS) is 25.0. The van der Waals surface area contributed by atoms with Crippen LogP contribution in [0.3, 0.4) is 0 Å². The number of aromatic amines is 1. The molecule has 10 heteroatoms. The molecular weight excluding hydrogens is 396 g/mol. The Balaban J connectivity index is 1.54. The number of H-pyrrole nitrogens is 1. The number of rotatable bonds is 5. The zero-order chi connectivity index (χ0) is 21.0. The third kappa shape index (κ3) is 3.19. The monoisotopic (exact) mass is 422 g/mol. The van der Waals surface area contributed by atoms with Crippen LogP contribution < -0.4 is 0 Å². The maximum Gasteiger partial charge on any atom is 0.260 e. The lowest BCUT2D eigenvalue weighted by Crippen LogP contribution is -2.40. The van der Waals surface area contributed by atoms with Gasteiger partial charge >= 0.3 is 0 Å². The van der Waals surface area contributed by atoms with Crippen molar-refractivity contribution >= 4 is 15.9 Å².